The van der Waals surface area contributed by atoms with Gasteiger partial charge in [-0.2, -0.15) is 0 Å². The van der Waals surface area contributed by atoms with Gasteiger partial charge in [-0.3, -0.25) is 0 Å². The van der Waals surface area contributed by atoms with Gasteiger partial charge in [-0.25, -0.2) is 4.98 Å². The lowest BCUT2D eigenvalue weighted by Gasteiger charge is -2.25. The molecule has 2 rings (SSSR count). The summed E-state index contributed by atoms with van der Waals surface area (Å²) in [5.41, 5.74) is 7.54. The minimum Gasteiger partial charge on any atom is -0.321 e. The first-order valence-electron chi connectivity index (χ1n) is 5.05. The molecule has 1 aliphatic carbocycles. The lowest BCUT2D eigenvalue weighted by Crippen LogP contribution is -2.33. The van der Waals surface area contributed by atoms with E-state index in [0.717, 1.165) is 17.9 Å². The van der Waals surface area contributed by atoms with E-state index in [4.69, 9.17) is 5.73 Å². The summed E-state index contributed by atoms with van der Waals surface area (Å²) in [4.78, 5) is 4.37. The molecule has 1 aromatic rings. The largest absolute Gasteiger partial charge is 0.321 e. The number of thioether (sulfide) groups is 1. The summed E-state index contributed by atoms with van der Waals surface area (Å²) in [5.74, 6) is 0. The highest BCUT2D eigenvalue weighted by Crippen LogP contribution is 2.39. The molecule has 0 amide bonds. The molecule has 0 aromatic carbocycles. The fourth-order valence-corrected chi connectivity index (χ4v) is 2.87. The summed E-state index contributed by atoms with van der Waals surface area (Å²) >= 11 is 1.69. The van der Waals surface area contributed by atoms with Crippen LogP contribution in [-0.2, 0) is 5.54 Å². The van der Waals surface area contributed by atoms with Crippen molar-refractivity contribution in [2.75, 3.05) is 6.26 Å². The van der Waals surface area contributed by atoms with Crippen molar-refractivity contribution in [1.82, 2.24) is 4.98 Å². The van der Waals surface area contributed by atoms with Crippen LogP contribution >= 0.6 is 11.8 Å². The highest BCUT2D eigenvalue weighted by Gasteiger charge is 2.33. The van der Waals surface area contributed by atoms with Crippen molar-refractivity contribution < 1.29 is 0 Å². The molecule has 2 N–H and O–H groups in total. The summed E-state index contributed by atoms with van der Waals surface area (Å²) in [5, 5.41) is 1.09. The van der Waals surface area contributed by atoms with E-state index in [2.05, 4.69) is 17.3 Å². The second-order valence-electron chi connectivity index (χ2n) is 3.92. The normalized spacial score (nSPS) is 19.9. The van der Waals surface area contributed by atoms with Crippen LogP contribution in [0.3, 0.4) is 0 Å². The number of nitrogens with two attached hydrogens (primary N) is 1. The van der Waals surface area contributed by atoms with Crippen LogP contribution in [0, 0.1) is 0 Å². The molecule has 1 heterocycles. The number of rotatable bonds is 2. The molecule has 0 saturated heterocycles. The average molecular weight is 208 g/mol. The maximum atomic E-state index is 6.40. The molecule has 0 radical (unpaired) electrons. The van der Waals surface area contributed by atoms with Crippen LogP contribution < -0.4 is 5.73 Å². The third-order valence-electron chi connectivity index (χ3n) is 3.00. The van der Waals surface area contributed by atoms with Crippen molar-refractivity contribution in [3.63, 3.8) is 0 Å². The molecule has 14 heavy (non-hydrogen) atoms. The lowest BCUT2D eigenvalue weighted by atomic mass is 9.91. The summed E-state index contributed by atoms with van der Waals surface area (Å²) in [6, 6.07) is 4.12. The number of hydrogen-bond donors (Lipinski definition) is 1. The zero-order valence-corrected chi connectivity index (χ0v) is 9.31. The van der Waals surface area contributed by atoms with E-state index < -0.39 is 0 Å². The first-order chi connectivity index (χ1) is 6.76. The number of pyridine rings is 1. The molecule has 3 heteroatoms. The lowest BCUT2D eigenvalue weighted by molar-refractivity contribution is 0.450. The molecule has 0 atom stereocenters. The van der Waals surface area contributed by atoms with E-state index in [9.17, 15) is 0 Å². The second-order valence-corrected chi connectivity index (χ2v) is 4.72. The average Bonchev–Trinajstić information content (AvgIpc) is 2.66. The Bertz CT molecular complexity index is 319. The molecule has 0 aliphatic heterocycles. The van der Waals surface area contributed by atoms with Gasteiger partial charge in [-0.1, -0.05) is 18.9 Å². The van der Waals surface area contributed by atoms with E-state index >= 15 is 0 Å². The Balaban J connectivity index is 2.39. The Hall–Kier alpha value is -0.540. The molecule has 0 spiro atoms. The topological polar surface area (TPSA) is 38.9 Å². The van der Waals surface area contributed by atoms with Crippen LogP contribution in [0.2, 0.25) is 0 Å². The first kappa shape index (κ1) is 9.99. The minimum atomic E-state index is -0.105. The van der Waals surface area contributed by atoms with E-state index in [-0.39, 0.29) is 5.54 Å². The smallest absolute Gasteiger partial charge is 0.101 e. The van der Waals surface area contributed by atoms with E-state index in [1.807, 2.05) is 12.3 Å². The highest BCUT2D eigenvalue weighted by molar-refractivity contribution is 7.98. The number of hydrogen-bond acceptors (Lipinski definition) is 3. The summed E-state index contributed by atoms with van der Waals surface area (Å²) in [6.45, 7) is 0. The Morgan fingerprint density at radius 2 is 2.14 bits per heavy atom. The third-order valence-corrected chi connectivity index (χ3v) is 3.71. The minimum absolute atomic E-state index is 0.105. The highest BCUT2D eigenvalue weighted by atomic mass is 32.2. The van der Waals surface area contributed by atoms with E-state index in [1.54, 1.807) is 11.8 Å². The molecule has 0 unspecified atom stereocenters. The van der Waals surface area contributed by atoms with Crippen LogP contribution in [0.5, 0.6) is 0 Å². The van der Waals surface area contributed by atoms with Gasteiger partial charge in [0.1, 0.15) is 5.03 Å². The molecular weight excluding hydrogens is 192 g/mol. The van der Waals surface area contributed by atoms with Gasteiger partial charge in [0.15, 0.2) is 0 Å². The van der Waals surface area contributed by atoms with E-state index in [0.29, 0.717) is 0 Å². The SMILES string of the molecule is CSc1ncccc1C1(N)CCCC1. The van der Waals surface area contributed by atoms with Gasteiger partial charge in [0.05, 0.1) is 0 Å². The molecule has 2 nitrogen and oxygen atoms in total. The Morgan fingerprint density at radius 3 is 2.79 bits per heavy atom. The molecule has 76 valence electrons. The van der Waals surface area contributed by atoms with Gasteiger partial charge in [0, 0.05) is 17.3 Å². The van der Waals surface area contributed by atoms with Crippen molar-refractivity contribution >= 4 is 11.8 Å². The third kappa shape index (κ3) is 1.66. The monoisotopic (exact) mass is 208 g/mol. The van der Waals surface area contributed by atoms with E-state index in [1.165, 1.54) is 18.4 Å². The predicted octanol–water partition coefficient (Wildman–Crippen LogP) is 2.53. The first-order valence-corrected chi connectivity index (χ1v) is 6.27. The zero-order chi connectivity index (χ0) is 10.0. The van der Waals surface area contributed by atoms with Crippen LogP contribution in [0.1, 0.15) is 31.2 Å². The molecule has 1 saturated carbocycles. The predicted molar refractivity (Wildman–Crippen MR) is 60.4 cm³/mol. The molecule has 1 fully saturated rings. The van der Waals surface area contributed by atoms with Crippen LogP contribution in [0.4, 0.5) is 0 Å². The van der Waals surface area contributed by atoms with Gasteiger partial charge in [0.25, 0.3) is 0 Å². The fourth-order valence-electron chi connectivity index (χ4n) is 2.21. The number of aromatic nitrogens is 1. The standard InChI is InChI=1S/C11H16N2S/c1-14-10-9(5-4-8-13-10)11(12)6-2-3-7-11/h4-5,8H,2-3,6-7,12H2,1H3. The van der Waals surface area contributed by atoms with Gasteiger partial charge >= 0.3 is 0 Å². The van der Waals surface area contributed by atoms with Crippen molar-refractivity contribution in [1.29, 1.82) is 0 Å². The van der Waals surface area contributed by atoms with Gasteiger partial charge in [0.2, 0.25) is 0 Å². The van der Waals surface area contributed by atoms with Crippen LogP contribution in [0.15, 0.2) is 23.4 Å². The summed E-state index contributed by atoms with van der Waals surface area (Å²) < 4.78 is 0. The van der Waals surface area contributed by atoms with Crippen LogP contribution in [-0.4, -0.2) is 11.2 Å². The second kappa shape index (κ2) is 3.91. The zero-order valence-electron chi connectivity index (χ0n) is 8.49. The fraction of sp³-hybridized carbons (Fsp3) is 0.545. The van der Waals surface area contributed by atoms with Gasteiger partial charge in [-0.15, -0.1) is 11.8 Å². The summed E-state index contributed by atoms with van der Waals surface area (Å²) in [7, 11) is 0. The molecule has 1 aliphatic rings. The number of nitrogens with zero attached hydrogens (tertiary/aromatic N) is 1. The van der Waals surface area contributed by atoms with Crippen molar-refractivity contribution in [2.45, 2.75) is 36.2 Å². The Morgan fingerprint density at radius 1 is 1.43 bits per heavy atom. The molecular formula is C11H16N2S. The van der Waals surface area contributed by atoms with Gasteiger partial charge < -0.3 is 5.73 Å². The van der Waals surface area contributed by atoms with Crippen molar-refractivity contribution in [3.8, 4) is 0 Å². The van der Waals surface area contributed by atoms with Crippen molar-refractivity contribution in [3.05, 3.63) is 23.9 Å². The van der Waals surface area contributed by atoms with Crippen LogP contribution in [0.25, 0.3) is 0 Å². The van der Waals surface area contributed by atoms with Gasteiger partial charge in [-0.05, 0) is 25.2 Å². The Labute approximate surface area is 89.3 Å². The quantitative estimate of drug-likeness (QED) is 0.759. The summed E-state index contributed by atoms with van der Waals surface area (Å²) in [6.07, 6.45) is 8.61. The maximum Gasteiger partial charge on any atom is 0.101 e. The van der Waals surface area contributed by atoms with Crippen molar-refractivity contribution in [2.24, 2.45) is 5.73 Å². The maximum absolute atomic E-state index is 6.40. The Kier molecular flexibility index (Phi) is 2.79. The molecule has 0 bridgehead atoms. The molecule has 1 aromatic heterocycles.